The molecule has 0 amide bonds. The Hall–Kier alpha value is -0.800. The van der Waals surface area contributed by atoms with Crippen LogP contribution in [0, 0.1) is 0 Å². The van der Waals surface area contributed by atoms with Crippen molar-refractivity contribution in [3.63, 3.8) is 0 Å². The van der Waals surface area contributed by atoms with Crippen molar-refractivity contribution in [3.8, 4) is 5.75 Å². The second-order valence-electron chi connectivity index (χ2n) is 3.79. The van der Waals surface area contributed by atoms with Crippen LogP contribution in [0.2, 0.25) is 0 Å². The lowest BCUT2D eigenvalue weighted by Gasteiger charge is -2.21. The van der Waals surface area contributed by atoms with Crippen LogP contribution in [-0.4, -0.2) is 11.8 Å². The first-order valence-corrected chi connectivity index (χ1v) is 6.30. The average Bonchev–Trinajstić information content (AvgIpc) is 2.46. The second kappa shape index (κ2) is 3.90. The van der Waals surface area contributed by atoms with Crippen LogP contribution < -0.4 is 4.74 Å². The molecule has 1 aromatic carbocycles. The van der Waals surface area contributed by atoms with E-state index in [9.17, 15) is 0 Å². The summed E-state index contributed by atoms with van der Waals surface area (Å²) in [4.78, 5) is 4.44. The van der Waals surface area contributed by atoms with Crippen LogP contribution in [0.4, 0.5) is 5.69 Å². The van der Waals surface area contributed by atoms with Crippen molar-refractivity contribution < 1.29 is 4.74 Å². The zero-order chi connectivity index (χ0) is 11.1. The van der Waals surface area contributed by atoms with Gasteiger partial charge in [0.1, 0.15) is 10.9 Å². The predicted octanol–water partition coefficient (Wildman–Crippen LogP) is 4.29. The van der Waals surface area contributed by atoms with Crippen LogP contribution in [0.3, 0.4) is 0 Å². The van der Waals surface area contributed by atoms with Crippen LogP contribution in [-0.2, 0) is 0 Å². The summed E-state index contributed by atoms with van der Waals surface area (Å²) >= 11 is 9.57. The number of nitrogens with zero attached hydrogens (tertiary/aromatic N) is 1. The lowest BCUT2D eigenvalue weighted by molar-refractivity contribution is 0.316. The minimum Gasteiger partial charge on any atom is -0.493 e. The second-order valence-corrected chi connectivity index (χ2v) is 5.08. The molecule has 0 unspecified atom stereocenters. The molecule has 2 aliphatic heterocycles. The number of benzene rings is 1. The maximum Gasteiger partial charge on any atom is 0.129 e. The topological polar surface area (TPSA) is 21.6 Å². The van der Waals surface area contributed by atoms with Gasteiger partial charge in [-0.15, -0.1) is 0 Å². The van der Waals surface area contributed by atoms with Crippen molar-refractivity contribution in [2.45, 2.75) is 12.8 Å². The van der Waals surface area contributed by atoms with Crippen LogP contribution in [0.15, 0.2) is 27.7 Å². The summed E-state index contributed by atoms with van der Waals surface area (Å²) in [7, 11) is 0. The van der Waals surface area contributed by atoms with E-state index in [0.29, 0.717) is 11.6 Å². The molecule has 16 heavy (non-hydrogen) atoms. The molecule has 2 aliphatic rings. The molecule has 0 saturated heterocycles. The van der Waals surface area contributed by atoms with Crippen molar-refractivity contribution in [2.75, 3.05) is 6.61 Å². The molecule has 0 saturated carbocycles. The maximum absolute atomic E-state index is 6.06. The van der Waals surface area contributed by atoms with E-state index in [-0.39, 0.29) is 0 Å². The van der Waals surface area contributed by atoms with Gasteiger partial charge < -0.3 is 4.74 Å². The molecule has 0 aromatic heterocycles. The first-order valence-electron chi connectivity index (χ1n) is 5.13. The standard InChI is InChI=1S/C12H9BrClNO/c13-8-2-3-9-11-7(5-6-16-9)1-4-10(14)15-12(8)11/h1-3H,4-6H2. The predicted molar refractivity (Wildman–Crippen MR) is 69.8 cm³/mol. The van der Waals surface area contributed by atoms with E-state index in [1.54, 1.807) is 0 Å². The molecule has 2 nitrogen and oxygen atoms in total. The number of hydrogen-bond acceptors (Lipinski definition) is 2. The summed E-state index contributed by atoms with van der Waals surface area (Å²) in [5, 5.41) is 0.621. The Morgan fingerprint density at radius 2 is 2.25 bits per heavy atom. The van der Waals surface area contributed by atoms with E-state index >= 15 is 0 Å². The van der Waals surface area contributed by atoms with Gasteiger partial charge in [-0.1, -0.05) is 17.7 Å². The lowest BCUT2D eigenvalue weighted by Crippen LogP contribution is -2.07. The van der Waals surface area contributed by atoms with Gasteiger partial charge in [0.15, 0.2) is 0 Å². The first kappa shape index (κ1) is 10.4. The minimum absolute atomic E-state index is 0.621. The zero-order valence-corrected chi connectivity index (χ0v) is 10.8. The molecule has 0 atom stereocenters. The highest BCUT2D eigenvalue weighted by Gasteiger charge is 2.22. The van der Waals surface area contributed by atoms with Crippen LogP contribution in [0.1, 0.15) is 18.4 Å². The zero-order valence-electron chi connectivity index (χ0n) is 8.46. The Kier molecular flexibility index (Phi) is 2.52. The minimum atomic E-state index is 0.621. The van der Waals surface area contributed by atoms with Gasteiger partial charge in [-0.3, -0.25) is 0 Å². The van der Waals surface area contributed by atoms with Gasteiger partial charge in [0, 0.05) is 22.9 Å². The Labute approximate surface area is 107 Å². The fraction of sp³-hybridized carbons (Fsp3) is 0.250. The number of ether oxygens (including phenoxy) is 1. The molecule has 0 spiro atoms. The number of halogens is 2. The summed E-state index contributed by atoms with van der Waals surface area (Å²) < 4.78 is 6.60. The normalized spacial score (nSPS) is 17.9. The first-order chi connectivity index (χ1) is 7.75. The number of aliphatic imine (C=N–C) groups is 1. The molecule has 0 N–H and O–H groups in total. The Morgan fingerprint density at radius 3 is 3.12 bits per heavy atom. The van der Waals surface area contributed by atoms with Crippen molar-refractivity contribution in [3.05, 3.63) is 28.2 Å². The highest BCUT2D eigenvalue weighted by Crippen LogP contribution is 2.45. The summed E-state index contributed by atoms with van der Waals surface area (Å²) in [5.74, 6) is 0.908. The summed E-state index contributed by atoms with van der Waals surface area (Å²) in [6, 6.07) is 3.93. The Bertz CT molecular complexity index is 522. The smallest absolute Gasteiger partial charge is 0.129 e. The fourth-order valence-corrected chi connectivity index (χ4v) is 2.64. The molecule has 2 heterocycles. The van der Waals surface area contributed by atoms with E-state index in [4.69, 9.17) is 16.3 Å². The van der Waals surface area contributed by atoms with Crippen molar-refractivity contribution in [2.24, 2.45) is 4.99 Å². The Morgan fingerprint density at radius 1 is 1.38 bits per heavy atom. The van der Waals surface area contributed by atoms with Crippen LogP contribution in [0.5, 0.6) is 5.75 Å². The summed E-state index contributed by atoms with van der Waals surface area (Å²) in [6.07, 6.45) is 3.78. The molecular formula is C12H9BrClNO. The van der Waals surface area contributed by atoms with E-state index in [1.165, 1.54) is 5.57 Å². The van der Waals surface area contributed by atoms with Gasteiger partial charge in [0.2, 0.25) is 0 Å². The quantitative estimate of drug-likeness (QED) is 0.700. The molecule has 0 bridgehead atoms. The third-order valence-electron chi connectivity index (χ3n) is 2.79. The maximum atomic E-state index is 6.06. The van der Waals surface area contributed by atoms with Crippen LogP contribution in [0.25, 0.3) is 5.57 Å². The SMILES string of the molecule is ClC1=Nc2c(Br)ccc3c2C(=CC1)CCO3. The molecule has 0 aliphatic carbocycles. The number of hydrogen-bond donors (Lipinski definition) is 0. The van der Waals surface area contributed by atoms with Crippen molar-refractivity contribution in [1.29, 1.82) is 0 Å². The molecule has 1 aromatic rings. The molecular weight excluding hydrogens is 289 g/mol. The van der Waals surface area contributed by atoms with Crippen molar-refractivity contribution >= 4 is 44.0 Å². The van der Waals surface area contributed by atoms with Gasteiger partial charge >= 0.3 is 0 Å². The van der Waals surface area contributed by atoms with Gasteiger partial charge in [0.25, 0.3) is 0 Å². The highest BCUT2D eigenvalue weighted by atomic mass is 79.9. The average molecular weight is 299 g/mol. The van der Waals surface area contributed by atoms with Crippen LogP contribution >= 0.6 is 27.5 Å². The fourth-order valence-electron chi connectivity index (χ4n) is 2.06. The van der Waals surface area contributed by atoms with Gasteiger partial charge in [-0.25, -0.2) is 4.99 Å². The monoisotopic (exact) mass is 297 g/mol. The molecule has 82 valence electrons. The van der Waals surface area contributed by atoms with Gasteiger partial charge in [-0.05, 0) is 33.6 Å². The van der Waals surface area contributed by atoms with E-state index < -0.39 is 0 Å². The third kappa shape index (κ3) is 1.59. The molecule has 0 radical (unpaired) electrons. The van der Waals surface area contributed by atoms with Gasteiger partial charge in [0.05, 0.1) is 12.3 Å². The third-order valence-corrected chi connectivity index (χ3v) is 3.67. The summed E-state index contributed by atoms with van der Waals surface area (Å²) in [6.45, 7) is 0.734. The van der Waals surface area contributed by atoms with E-state index in [0.717, 1.165) is 34.5 Å². The lowest BCUT2D eigenvalue weighted by atomic mass is 9.98. The van der Waals surface area contributed by atoms with E-state index in [2.05, 4.69) is 27.0 Å². The molecule has 0 fully saturated rings. The largest absolute Gasteiger partial charge is 0.493 e. The summed E-state index contributed by atoms with van der Waals surface area (Å²) in [5.41, 5.74) is 3.28. The Balaban J connectivity index is 2.33. The van der Waals surface area contributed by atoms with E-state index in [1.807, 2.05) is 12.1 Å². The number of allylic oxidation sites excluding steroid dienone is 1. The van der Waals surface area contributed by atoms with Crippen molar-refractivity contribution in [1.82, 2.24) is 0 Å². The number of rotatable bonds is 0. The molecule has 4 heteroatoms. The molecule has 3 rings (SSSR count). The highest BCUT2D eigenvalue weighted by molar-refractivity contribution is 9.10. The van der Waals surface area contributed by atoms with Gasteiger partial charge in [-0.2, -0.15) is 0 Å².